The number of amides is 1. The van der Waals surface area contributed by atoms with Crippen molar-refractivity contribution < 1.29 is 4.79 Å². The number of nitrogens with one attached hydrogen (secondary N) is 2. The highest BCUT2D eigenvalue weighted by molar-refractivity contribution is 5.75. The zero-order chi connectivity index (χ0) is 16.1. The van der Waals surface area contributed by atoms with Crippen LogP contribution in [-0.2, 0) is 11.3 Å². The van der Waals surface area contributed by atoms with Gasteiger partial charge in [0.25, 0.3) is 0 Å². The molecule has 0 radical (unpaired) electrons. The standard InChI is InChI=1S/C16H22N6O/c1-12-4-6-14(7-5-12)16-19-21-22(20-16)11-15(23)18-10-13-3-2-8-17-9-13/h4-7,13,17H,2-3,8-11H2,1H3,(H,18,23). The average molecular weight is 314 g/mol. The van der Waals surface area contributed by atoms with Gasteiger partial charge in [0.1, 0.15) is 6.54 Å². The normalized spacial score (nSPS) is 17.9. The van der Waals surface area contributed by atoms with Gasteiger partial charge in [-0.1, -0.05) is 29.8 Å². The molecule has 1 aromatic carbocycles. The quantitative estimate of drug-likeness (QED) is 0.851. The summed E-state index contributed by atoms with van der Waals surface area (Å²) in [7, 11) is 0. The monoisotopic (exact) mass is 314 g/mol. The lowest BCUT2D eigenvalue weighted by molar-refractivity contribution is -0.122. The number of hydrogen-bond acceptors (Lipinski definition) is 5. The molecular weight excluding hydrogens is 292 g/mol. The van der Waals surface area contributed by atoms with E-state index in [9.17, 15) is 4.79 Å². The number of nitrogens with zero attached hydrogens (tertiary/aromatic N) is 4. The fourth-order valence-electron chi connectivity index (χ4n) is 2.67. The third-order valence-electron chi connectivity index (χ3n) is 4.03. The predicted molar refractivity (Wildman–Crippen MR) is 86.6 cm³/mol. The molecular formula is C16H22N6O. The molecule has 23 heavy (non-hydrogen) atoms. The zero-order valence-corrected chi connectivity index (χ0v) is 13.3. The Bertz CT molecular complexity index is 645. The molecule has 7 heteroatoms. The maximum Gasteiger partial charge on any atom is 0.243 e. The lowest BCUT2D eigenvalue weighted by atomic mass is 10.00. The van der Waals surface area contributed by atoms with E-state index in [4.69, 9.17) is 0 Å². The molecule has 2 heterocycles. The molecule has 1 fully saturated rings. The van der Waals surface area contributed by atoms with Crippen molar-refractivity contribution in [3.8, 4) is 11.4 Å². The highest BCUT2D eigenvalue weighted by Gasteiger charge is 2.14. The van der Waals surface area contributed by atoms with Crippen LogP contribution in [-0.4, -0.2) is 45.7 Å². The summed E-state index contributed by atoms with van der Waals surface area (Å²) < 4.78 is 0. The molecule has 3 rings (SSSR count). The van der Waals surface area contributed by atoms with Crippen LogP contribution in [0.5, 0.6) is 0 Å². The summed E-state index contributed by atoms with van der Waals surface area (Å²) in [4.78, 5) is 13.3. The van der Waals surface area contributed by atoms with E-state index in [0.29, 0.717) is 18.3 Å². The number of hydrogen-bond donors (Lipinski definition) is 2. The smallest absolute Gasteiger partial charge is 0.243 e. The van der Waals surface area contributed by atoms with Crippen molar-refractivity contribution in [2.75, 3.05) is 19.6 Å². The second-order valence-electron chi connectivity index (χ2n) is 6.03. The van der Waals surface area contributed by atoms with Gasteiger partial charge in [0.05, 0.1) is 0 Å². The van der Waals surface area contributed by atoms with Crippen molar-refractivity contribution >= 4 is 5.91 Å². The molecule has 0 aliphatic carbocycles. The van der Waals surface area contributed by atoms with Crippen molar-refractivity contribution in [2.45, 2.75) is 26.3 Å². The molecule has 122 valence electrons. The van der Waals surface area contributed by atoms with Crippen LogP contribution in [0.4, 0.5) is 0 Å². The number of piperidine rings is 1. The van der Waals surface area contributed by atoms with Crippen molar-refractivity contribution in [2.24, 2.45) is 5.92 Å². The van der Waals surface area contributed by atoms with Crippen LogP contribution in [0.1, 0.15) is 18.4 Å². The van der Waals surface area contributed by atoms with E-state index >= 15 is 0 Å². The van der Waals surface area contributed by atoms with Crippen LogP contribution in [0.15, 0.2) is 24.3 Å². The molecule has 1 saturated heterocycles. The molecule has 1 amide bonds. The maximum atomic E-state index is 12.0. The van der Waals surface area contributed by atoms with Crippen molar-refractivity contribution in [1.29, 1.82) is 0 Å². The summed E-state index contributed by atoms with van der Waals surface area (Å²) in [6.07, 6.45) is 2.33. The SMILES string of the molecule is Cc1ccc(-c2nnn(CC(=O)NCC3CCCNC3)n2)cc1. The molecule has 0 saturated carbocycles. The predicted octanol–water partition coefficient (Wildman–Crippen LogP) is 0.764. The van der Waals surface area contributed by atoms with E-state index in [1.807, 2.05) is 31.2 Å². The lowest BCUT2D eigenvalue weighted by Gasteiger charge is -2.22. The highest BCUT2D eigenvalue weighted by atomic mass is 16.2. The Morgan fingerprint density at radius 3 is 2.96 bits per heavy atom. The van der Waals surface area contributed by atoms with Crippen molar-refractivity contribution in [1.82, 2.24) is 30.8 Å². The van der Waals surface area contributed by atoms with Crippen molar-refractivity contribution in [3.05, 3.63) is 29.8 Å². The maximum absolute atomic E-state index is 12.0. The molecule has 1 unspecified atom stereocenters. The van der Waals surface area contributed by atoms with Gasteiger partial charge in [0.15, 0.2) is 0 Å². The number of rotatable bonds is 5. The zero-order valence-electron chi connectivity index (χ0n) is 13.3. The molecule has 2 aromatic rings. The second-order valence-corrected chi connectivity index (χ2v) is 6.03. The Balaban J connectivity index is 1.51. The molecule has 1 aliphatic rings. The van der Waals surface area contributed by atoms with Crippen LogP contribution in [0, 0.1) is 12.8 Å². The molecule has 7 nitrogen and oxygen atoms in total. The minimum atomic E-state index is -0.0802. The van der Waals surface area contributed by atoms with E-state index in [1.54, 1.807) is 0 Å². The highest BCUT2D eigenvalue weighted by Crippen LogP contribution is 2.13. The van der Waals surface area contributed by atoms with Crippen LogP contribution in [0.2, 0.25) is 0 Å². The fraction of sp³-hybridized carbons (Fsp3) is 0.500. The summed E-state index contributed by atoms with van der Waals surface area (Å²) in [5.41, 5.74) is 2.08. The summed E-state index contributed by atoms with van der Waals surface area (Å²) in [6, 6.07) is 7.90. The fourth-order valence-corrected chi connectivity index (χ4v) is 2.67. The first-order chi connectivity index (χ1) is 11.2. The number of aromatic nitrogens is 4. The molecule has 1 aliphatic heterocycles. The number of carbonyl (C=O) groups excluding carboxylic acids is 1. The second kappa shape index (κ2) is 7.32. The number of carbonyl (C=O) groups is 1. The Kier molecular flexibility index (Phi) is 4.97. The van der Waals surface area contributed by atoms with Crippen LogP contribution >= 0.6 is 0 Å². The van der Waals surface area contributed by atoms with Crippen LogP contribution in [0.25, 0.3) is 11.4 Å². The number of aryl methyl sites for hydroxylation is 1. The van der Waals surface area contributed by atoms with E-state index in [1.165, 1.54) is 16.8 Å². The average Bonchev–Trinajstić information content (AvgIpc) is 3.03. The summed E-state index contributed by atoms with van der Waals surface area (Å²) in [5, 5.41) is 18.5. The topological polar surface area (TPSA) is 84.7 Å². The van der Waals surface area contributed by atoms with Gasteiger partial charge in [0, 0.05) is 12.1 Å². The Labute approximate surface area is 135 Å². The van der Waals surface area contributed by atoms with E-state index in [-0.39, 0.29) is 12.5 Å². The third kappa shape index (κ3) is 4.35. The first kappa shape index (κ1) is 15.6. The van der Waals surface area contributed by atoms with Gasteiger partial charge in [0.2, 0.25) is 11.7 Å². The Morgan fingerprint density at radius 2 is 2.22 bits per heavy atom. The molecule has 0 spiro atoms. The summed E-state index contributed by atoms with van der Waals surface area (Å²) in [6.45, 7) is 4.87. The molecule has 0 bridgehead atoms. The summed E-state index contributed by atoms with van der Waals surface area (Å²) >= 11 is 0. The van der Waals surface area contributed by atoms with Gasteiger partial charge < -0.3 is 10.6 Å². The number of tetrazole rings is 1. The van der Waals surface area contributed by atoms with Gasteiger partial charge in [-0.3, -0.25) is 4.79 Å². The number of benzene rings is 1. The summed E-state index contributed by atoms with van der Waals surface area (Å²) in [5.74, 6) is 0.970. The van der Waals surface area contributed by atoms with E-state index in [2.05, 4.69) is 26.0 Å². The van der Waals surface area contributed by atoms with E-state index in [0.717, 1.165) is 25.1 Å². The van der Waals surface area contributed by atoms with Gasteiger partial charge in [-0.2, -0.15) is 4.80 Å². The van der Waals surface area contributed by atoms with Gasteiger partial charge in [-0.05, 0) is 44.0 Å². The first-order valence-electron chi connectivity index (χ1n) is 8.03. The third-order valence-corrected chi connectivity index (χ3v) is 4.03. The van der Waals surface area contributed by atoms with Gasteiger partial charge in [-0.15, -0.1) is 10.2 Å². The molecule has 1 atom stereocenters. The van der Waals surface area contributed by atoms with Gasteiger partial charge >= 0.3 is 0 Å². The van der Waals surface area contributed by atoms with Crippen LogP contribution in [0.3, 0.4) is 0 Å². The van der Waals surface area contributed by atoms with Gasteiger partial charge in [-0.25, -0.2) is 0 Å². The van der Waals surface area contributed by atoms with Crippen LogP contribution < -0.4 is 10.6 Å². The molecule has 1 aromatic heterocycles. The van der Waals surface area contributed by atoms with Crippen molar-refractivity contribution in [3.63, 3.8) is 0 Å². The first-order valence-corrected chi connectivity index (χ1v) is 8.03. The van der Waals surface area contributed by atoms with E-state index < -0.39 is 0 Å². The molecule has 2 N–H and O–H groups in total. The minimum absolute atomic E-state index is 0.0802. The largest absolute Gasteiger partial charge is 0.354 e. The Hall–Kier alpha value is -2.28. The Morgan fingerprint density at radius 1 is 1.39 bits per heavy atom. The lowest BCUT2D eigenvalue weighted by Crippen LogP contribution is -2.39. The minimum Gasteiger partial charge on any atom is -0.354 e.